The molecule has 3 aromatic rings. The van der Waals surface area contributed by atoms with Crippen LogP contribution in [0.3, 0.4) is 0 Å². The summed E-state index contributed by atoms with van der Waals surface area (Å²) in [7, 11) is 1.64. The van der Waals surface area contributed by atoms with Crippen LogP contribution >= 0.6 is 11.3 Å². The predicted molar refractivity (Wildman–Crippen MR) is 111 cm³/mol. The van der Waals surface area contributed by atoms with Gasteiger partial charge in [0.2, 0.25) is 0 Å². The fourth-order valence-electron chi connectivity index (χ4n) is 2.79. The minimum atomic E-state index is -0.696. The van der Waals surface area contributed by atoms with E-state index in [9.17, 15) is 9.90 Å². The topological polar surface area (TPSA) is 96.4 Å². The Kier molecular flexibility index (Phi) is 5.81. The molecule has 0 saturated heterocycles. The van der Waals surface area contributed by atoms with Crippen LogP contribution in [0.1, 0.15) is 34.6 Å². The van der Waals surface area contributed by atoms with Crippen LogP contribution < -0.4 is 15.4 Å². The van der Waals surface area contributed by atoms with Gasteiger partial charge in [-0.15, -0.1) is 11.3 Å². The smallest absolute Gasteiger partial charge is 0.262 e. The summed E-state index contributed by atoms with van der Waals surface area (Å²) in [6.07, 6.45) is 1.49. The average molecular weight is 401 g/mol. The second-order valence-corrected chi connectivity index (χ2v) is 8.16. The van der Waals surface area contributed by atoms with Crippen molar-refractivity contribution in [2.75, 3.05) is 19.0 Å². The summed E-state index contributed by atoms with van der Waals surface area (Å²) in [6.45, 7) is 5.86. The largest absolute Gasteiger partial charge is 0.497 e. The van der Waals surface area contributed by atoms with Crippen LogP contribution in [0, 0.1) is 6.92 Å². The second kappa shape index (κ2) is 8.12. The molecule has 7 nitrogen and oxygen atoms in total. The summed E-state index contributed by atoms with van der Waals surface area (Å²) in [5.74, 6) is 1.25. The van der Waals surface area contributed by atoms with Crippen LogP contribution in [-0.2, 0) is 6.54 Å². The van der Waals surface area contributed by atoms with Crippen LogP contribution in [-0.4, -0.2) is 40.2 Å². The quantitative estimate of drug-likeness (QED) is 0.564. The van der Waals surface area contributed by atoms with Crippen LogP contribution in [0.5, 0.6) is 5.75 Å². The van der Waals surface area contributed by atoms with Crippen molar-refractivity contribution in [3.63, 3.8) is 0 Å². The molecule has 1 aromatic carbocycles. The highest BCUT2D eigenvalue weighted by Gasteiger charge is 2.24. The number of carbonyl (C=O) groups is 1. The maximum atomic E-state index is 12.7. The number of benzene rings is 1. The number of amides is 1. The van der Waals surface area contributed by atoms with Gasteiger partial charge in [0.15, 0.2) is 0 Å². The molecule has 3 rings (SSSR count). The molecule has 2 heterocycles. The van der Waals surface area contributed by atoms with Gasteiger partial charge in [0.05, 0.1) is 29.5 Å². The van der Waals surface area contributed by atoms with Crippen LogP contribution in [0.2, 0.25) is 0 Å². The van der Waals surface area contributed by atoms with Gasteiger partial charge < -0.3 is 20.5 Å². The van der Waals surface area contributed by atoms with E-state index < -0.39 is 5.54 Å². The Hall–Kier alpha value is -2.71. The molecule has 1 amide bonds. The number of hydrogen-bond donors (Lipinski definition) is 3. The molecule has 2 aromatic heterocycles. The fraction of sp³-hybridized carbons (Fsp3) is 0.350. The third-order valence-corrected chi connectivity index (χ3v) is 5.57. The molecule has 0 saturated carbocycles. The Labute approximate surface area is 167 Å². The Bertz CT molecular complexity index is 1000. The first-order valence-electron chi connectivity index (χ1n) is 8.89. The highest BCUT2D eigenvalue weighted by molar-refractivity contribution is 7.20. The zero-order chi connectivity index (χ0) is 20.3. The summed E-state index contributed by atoms with van der Waals surface area (Å²) >= 11 is 1.32. The molecule has 0 spiro atoms. The molecule has 28 heavy (non-hydrogen) atoms. The van der Waals surface area contributed by atoms with Gasteiger partial charge in [-0.05, 0) is 44.0 Å². The Morgan fingerprint density at radius 3 is 2.82 bits per heavy atom. The van der Waals surface area contributed by atoms with E-state index in [-0.39, 0.29) is 12.5 Å². The predicted octanol–water partition coefficient (Wildman–Crippen LogP) is 3.12. The monoisotopic (exact) mass is 400 g/mol. The number of methoxy groups -OCH3 is 1. The van der Waals surface area contributed by atoms with Gasteiger partial charge in [0, 0.05) is 6.54 Å². The normalized spacial score (nSPS) is 11.5. The van der Waals surface area contributed by atoms with Gasteiger partial charge in [-0.1, -0.05) is 12.1 Å². The lowest BCUT2D eigenvalue weighted by Gasteiger charge is -2.23. The molecule has 0 unspecified atom stereocenters. The summed E-state index contributed by atoms with van der Waals surface area (Å²) in [5.41, 5.74) is 1.18. The summed E-state index contributed by atoms with van der Waals surface area (Å²) < 4.78 is 5.26. The van der Waals surface area contributed by atoms with Gasteiger partial charge >= 0.3 is 0 Å². The van der Waals surface area contributed by atoms with Gasteiger partial charge in [0.1, 0.15) is 22.7 Å². The Morgan fingerprint density at radius 2 is 2.11 bits per heavy atom. The number of anilines is 1. The van der Waals surface area contributed by atoms with Crippen molar-refractivity contribution in [3.8, 4) is 5.75 Å². The van der Waals surface area contributed by atoms with Crippen molar-refractivity contribution in [3.05, 3.63) is 46.6 Å². The number of nitrogens with one attached hydrogen (secondary N) is 2. The molecule has 0 aliphatic rings. The number of nitrogens with zero attached hydrogens (tertiary/aromatic N) is 2. The molecule has 148 valence electrons. The zero-order valence-corrected chi connectivity index (χ0v) is 17.2. The average Bonchev–Trinajstić information content (AvgIpc) is 3.03. The SMILES string of the molecule is COc1cccc(CNc2ncnc3sc(C(=O)NC(C)(C)CO)c(C)c23)c1. The maximum Gasteiger partial charge on any atom is 0.262 e. The highest BCUT2D eigenvalue weighted by Crippen LogP contribution is 2.33. The number of aromatic nitrogens is 2. The third-order valence-electron chi connectivity index (χ3n) is 4.37. The lowest BCUT2D eigenvalue weighted by atomic mass is 10.1. The molecule has 8 heteroatoms. The summed E-state index contributed by atoms with van der Waals surface area (Å²) in [4.78, 5) is 22.7. The minimum absolute atomic E-state index is 0.143. The number of carbonyl (C=O) groups excluding carboxylic acids is 1. The van der Waals surface area contributed by atoms with E-state index in [0.29, 0.717) is 17.2 Å². The first-order valence-corrected chi connectivity index (χ1v) is 9.70. The van der Waals surface area contributed by atoms with Crippen molar-refractivity contribution in [1.82, 2.24) is 15.3 Å². The molecule has 0 atom stereocenters. The number of aliphatic hydroxyl groups is 1. The summed E-state index contributed by atoms with van der Waals surface area (Å²) in [5, 5.41) is 16.4. The molecule has 3 N–H and O–H groups in total. The molecule has 0 fully saturated rings. The van der Waals surface area contributed by atoms with E-state index in [1.165, 1.54) is 17.7 Å². The number of thiophene rings is 1. The van der Waals surface area contributed by atoms with E-state index in [0.717, 1.165) is 27.1 Å². The van der Waals surface area contributed by atoms with Crippen molar-refractivity contribution in [1.29, 1.82) is 0 Å². The first kappa shape index (κ1) is 20.0. The lowest BCUT2D eigenvalue weighted by Crippen LogP contribution is -2.46. The summed E-state index contributed by atoms with van der Waals surface area (Å²) in [6, 6.07) is 7.80. The van der Waals surface area contributed by atoms with Crippen LogP contribution in [0.25, 0.3) is 10.2 Å². The van der Waals surface area contributed by atoms with Gasteiger partial charge in [-0.3, -0.25) is 4.79 Å². The van der Waals surface area contributed by atoms with Crippen LogP contribution in [0.4, 0.5) is 5.82 Å². The standard InChI is InChI=1S/C20H24N4O3S/c1-12-15-17(21-9-13-6-5-7-14(8-13)27-4)22-11-23-19(15)28-16(12)18(26)24-20(2,3)10-25/h5-8,11,25H,9-10H2,1-4H3,(H,24,26)(H,21,22,23). The molecular weight excluding hydrogens is 376 g/mol. The zero-order valence-electron chi connectivity index (χ0n) is 16.4. The molecule has 0 aliphatic carbocycles. The van der Waals surface area contributed by atoms with Gasteiger partial charge in [-0.2, -0.15) is 0 Å². The number of aliphatic hydroxyl groups excluding tert-OH is 1. The third kappa shape index (κ3) is 4.23. The lowest BCUT2D eigenvalue weighted by molar-refractivity contribution is 0.0873. The number of aryl methyl sites for hydroxylation is 1. The van der Waals surface area contributed by atoms with Crippen molar-refractivity contribution in [2.45, 2.75) is 32.9 Å². The second-order valence-electron chi connectivity index (χ2n) is 7.16. The molecular formula is C20H24N4O3S. The van der Waals surface area contributed by atoms with E-state index in [1.807, 2.05) is 31.2 Å². The number of fused-ring (bicyclic) bond motifs is 1. The molecule has 0 radical (unpaired) electrons. The highest BCUT2D eigenvalue weighted by atomic mass is 32.1. The van der Waals surface area contributed by atoms with Gasteiger partial charge in [0.25, 0.3) is 5.91 Å². The van der Waals surface area contributed by atoms with Crippen molar-refractivity contribution in [2.24, 2.45) is 0 Å². The number of hydrogen-bond acceptors (Lipinski definition) is 7. The van der Waals surface area contributed by atoms with Crippen molar-refractivity contribution >= 4 is 33.3 Å². The molecule has 0 aliphatic heterocycles. The van der Waals surface area contributed by atoms with E-state index in [4.69, 9.17) is 4.74 Å². The number of ether oxygens (including phenoxy) is 1. The van der Waals surface area contributed by atoms with Gasteiger partial charge in [-0.25, -0.2) is 9.97 Å². The Morgan fingerprint density at radius 1 is 1.32 bits per heavy atom. The van der Waals surface area contributed by atoms with E-state index in [1.54, 1.807) is 21.0 Å². The van der Waals surface area contributed by atoms with Crippen molar-refractivity contribution < 1.29 is 14.6 Å². The molecule has 0 bridgehead atoms. The fourth-order valence-corrected chi connectivity index (χ4v) is 3.84. The Balaban J connectivity index is 1.88. The minimum Gasteiger partial charge on any atom is -0.497 e. The van der Waals surface area contributed by atoms with E-state index in [2.05, 4.69) is 20.6 Å². The first-order chi connectivity index (χ1) is 13.3. The number of rotatable bonds is 7. The van der Waals surface area contributed by atoms with E-state index >= 15 is 0 Å². The maximum absolute atomic E-state index is 12.7. The van der Waals surface area contributed by atoms with Crippen LogP contribution in [0.15, 0.2) is 30.6 Å².